The van der Waals surface area contributed by atoms with E-state index in [0.717, 1.165) is 44.5 Å². The molecule has 1 aliphatic heterocycles. The van der Waals surface area contributed by atoms with Gasteiger partial charge in [0.2, 0.25) is 5.91 Å². The predicted molar refractivity (Wildman–Crippen MR) is 128 cm³/mol. The number of anilines is 1. The quantitative estimate of drug-likeness (QED) is 0.473. The van der Waals surface area contributed by atoms with Crippen LogP contribution in [0.5, 0.6) is 0 Å². The molecule has 0 saturated carbocycles. The third kappa shape index (κ3) is 4.61. The third-order valence-electron chi connectivity index (χ3n) is 6.63. The normalized spacial score (nSPS) is 15.9. The number of piperidine rings is 1. The van der Waals surface area contributed by atoms with Gasteiger partial charge in [0.25, 0.3) is 0 Å². The van der Waals surface area contributed by atoms with E-state index >= 15 is 0 Å². The molecule has 0 spiro atoms. The van der Waals surface area contributed by atoms with Gasteiger partial charge in [-0.2, -0.15) is 0 Å². The second-order valence-corrected chi connectivity index (χ2v) is 8.51. The van der Waals surface area contributed by atoms with Crippen LogP contribution >= 0.6 is 0 Å². The van der Waals surface area contributed by atoms with E-state index in [1.54, 1.807) is 17.0 Å². The first-order valence-electron chi connectivity index (χ1n) is 11.5. The summed E-state index contributed by atoms with van der Waals surface area (Å²) in [5.74, 6) is -0.396. The molecule has 166 valence electrons. The number of amides is 1. The summed E-state index contributed by atoms with van der Waals surface area (Å²) in [7, 11) is 0. The SMILES string of the molecule is CCC(=O)N(c1ccccc1F)C1(c2ccccc2)CCN(CCc2ccccc2)CC1. The van der Waals surface area contributed by atoms with Crippen molar-refractivity contribution in [2.75, 3.05) is 24.5 Å². The van der Waals surface area contributed by atoms with Crippen molar-refractivity contribution in [1.82, 2.24) is 4.90 Å². The van der Waals surface area contributed by atoms with Crippen molar-refractivity contribution in [1.29, 1.82) is 0 Å². The number of carbonyl (C=O) groups excluding carboxylic acids is 1. The number of hydrogen-bond acceptors (Lipinski definition) is 2. The molecule has 3 aromatic carbocycles. The van der Waals surface area contributed by atoms with Crippen LogP contribution < -0.4 is 4.90 Å². The van der Waals surface area contributed by atoms with Crippen LogP contribution in [0, 0.1) is 5.82 Å². The summed E-state index contributed by atoms with van der Waals surface area (Å²) >= 11 is 0. The van der Waals surface area contributed by atoms with E-state index in [4.69, 9.17) is 0 Å². The lowest BCUT2D eigenvalue weighted by Gasteiger charge is -2.49. The fourth-order valence-corrected chi connectivity index (χ4v) is 4.86. The maximum absolute atomic E-state index is 15.0. The highest BCUT2D eigenvalue weighted by Gasteiger charge is 2.44. The Kier molecular flexibility index (Phi) is 7.01. The standard InChI is InChI=1S/C28H31FN2O/c1-2-27(32)31(26-16-10-9-15-25(26)29)28(24-13-7-4-8-14-24)18-21-30(22-19-28)20-17-23-11-5-3-6-12-23/h3-16H,2,17-22H2,1H3. The topological polar surface area (TPSA) is 23.6 Å². The third-order valence-corrected chi connectivity index (χ3v) is 6.63. The average Bonchev–Trinajstić information content (AvgIpc) is 2.86. The molecule has 4 heteroatoms. The van der Waals surface area contributed by atoms with Gasteiger partial charge >= 0.3 is 0 Å². The number of halogens is 1. The van der Waals surface area contributed by atoms with E-state index < -0.39 is 5.54 Å². The van der Waals surface area contributed by atoms with Crippen molar-refractivity contribution in [3.63, 3.8) is 0 Å². The Bertz CT molecular complexity index is 1010. The maximum Gasteiger partial charge on any atom is 0.227 e. The molecule has 0 aromatic heterocycles. The van der Waals surface area contributed by atoms with Gasteiger partial charge in [0, 0.05) is 26.1 Å². The lowest BCUT2D eigenvalue weighted by Crippen LogP contribution is -2.56. The van der Waals surface area contributed by atoms with Crippen LogP contribution in [-0.4, -0.2) is 30.4 Å². The highest BCUT2D eigenvalue weighted by molar-refractivity contribution is 5.95. The van der Waals surface area contributed by atoms with Crippen molar-refractivity contribution in [3.8, 4) is 0 Å². The average molecular weight is 431 g/mol. The molecule has 4 rings (SSSR count). The fraction of sp³-hybridized carbons (Fsp3) is 0.321. The monoisotopic (exact) mass is 430 g/mol. The summed E-state index contributed by atoms with van der Waals surface area (Å²) in [6.07, 6.45) is 2.88. The summed E-state index contributed by atoms with van der Waals surface area (Å²) in [6.45, 7) is 4.56. The highest BCUT2D eigenvalue weighted by Crippen LogP contribution is 2.43. The van der Waals surface area contributed by atoms with Gasteiger partial charge in [-0.15, -0.1) is 0 Å². The molecule has 0 bridgehead atoms. The van der Waals surface area contributed by atoms with Gasteiger partial charge < -0.3 is 4.90 Å². The van der Waals surface area contributed by atoms with E-state index in [-0.39, 0.29) is 11.7 Å². The van der Waals surface area contributed by atoms with Crippen molar-refractivity contribution in [3.05, 3.63) is 102 Å². The van der Waals surface area contributed by atoms with E-state index in [0.29, 0.717) is 12.1 Å². The van der Waals surface area contributed by atoms with Gasteiger partial charge in [0.1, 0.15) is 5.82 Å². The van der Waals surface area contributed by atoms with Gasteiger partial charge in [0.15, 0.2) is 0 Å². The van der Waals surface area contributed by atoms with Crippen LogP contribution in [0.3, 0.4) is 0 Å². The van der Waals surface area contributed by atoms with E-state index in [9.17, 15) is 9.18 Å². The molecular weight excluding hydrogens is 399 g/mol. The molecule has 3 aromatic rings. The van der Waals surface area contributed by atoms with Gasteiger partial charge in [-0.3, -0.25) is 9.69 Å². The highest BCUT2D eigenvalue weighted by atomic mass is 19.1. The second kappa shape index (κ2) is 10.1. The zero-order valence-electron chi connectivity index (χ0n) is 18.7. The largest absolute Gasteiger partial charge is 0.303 e. The Morgan fingerprint density at radius 1 is 0.906 bits per heavy atom. The molecule has 0 aliphatic carbocycles. The van der Waals surface area contributed by atoms with Crippen molar-refractivity contribution < 1.29 is 9.18 Å². The first-order chi connectivity index (χ1) is 15.6. The first-order valence-corrected chi connectivity index (χ1v) is 11.5. The molecule has 1 heterocycles. The number of nitrogens with zero attached hydrogens (tertiary/aromatic N) is 2. The Morgan fingerprint density at radius 3 is 2.12 bits per heavy atom. The molecule has 32 heavy (non-hydrogen) atoms. The molecule has 0 N–H and O–H groups in total. The Balaban J connectivity index is 1.64. The molecule has 0 unspecified atom stereocenters. The number of likely N-dealkylation sites (tertiary alicyclic amines) is 1. The zero-order valence-corrected chi connectivity index (χ0v) is 18.7. The minimum absolute atomic E-state index is 0.0447. The van der Waals surface area contributed by atoms with E-state index in [2.05, 4.69) is 41.3 Å². The van der Waals surface area contributed by atoms with Crippen LogP contribution in [0.15, 0.2) is 84.9 Å². The summed E-state index contributed by atoms with van der Waals surface area (Å²) in [6, 6.07) is 27.4. The van der Waals surface area contributed by atoms with Gasteiger partial charge in [0.05, 0.1) is 11.2 Å². The summed E-state index contributed by atoms with van der Waals surface area (Å²) < 4.78 is 15.0. The van der Waals surface area contributed by atoms with Crippen LogP contribution in [0.25, 0.3) is 0 Å². The molecular formula is C28H31FN2O. The smallest absolute Gasteiger partial charge is 0.227 e. The zero-order chi connectivity index (χ0) is 22.4. The number of para-hydroxylation sites is 1. The Morgan fingerprint density at radius 2 is 1.50 bits per heavy atom. The number of carbonyl (C=O) groups is 1. The van der Waals surface area contributed by atoms with Crippen molar-refractivity contribution in [2.45, 2.75) is 38.1 Å². The van der Waals surface area contributed by atoms with Crippen LogP contribution in [0.1, 0.15) is 37.3 Å². The van der Waals surface area contributed by atoms with Gasteiger partial charge in [-0.1, -0.05) is 79.7 Å². The minimum Gasteiger partial charge on any atom is -0.303 e. The lowest BCUT2D eigenvalue weighted by atomic mass is 9.78. The van der Waals surface area contributed by atoms with E-state index in [1.165, 1.54) is 11.6 Å². The molecule has 1 fully saturated rings. The van der Waals surface area contributed by atoms with Gasteiger partial charge in [-0.05, 0) is 42.5 Å². The Hall–Kier alpha value is -2.98. The molecule has 0 radical (unpaired) electrons. The number of hydrogen-bond donors (Lipinski definition) is 0. The van der Waals surface area contributed by atoms with E-state index in [1.807, 2.05) is 37.3 Å². The molecule has 1 saturated heterocycles. The van der Waals surface area contributed by atoms with Crippen molar-refractivity contribution in [2.24, 2.45) is 0 Å². The first kappa shape index (κ1) is 22.2. The number of benzene rings is 3. The van der Waals surface area contributed by atoms with Gasteiger partial charge in [-0.25, -0.2) is 4.39 Å². The minimum atomic E-state index is -0.556. The second-order valence-electron chi connectivity index (χ2n) is 8.51. The van der Waals surface area contributed by atoms with Crippen molar-refractivity contribution >= 4 is 11.6 Å². The van der Waals surface area contributed by atoms with Crippen LogP contribution in [0.4, 0.5) is 10.1 Å². The molecule has 0 atom stereocenters. The number of rotatable bonds is 7. The summed E-state index contributed by atoms with van der Waals surface area (Å²) in [4.78, 5) is 17.5. The summed E-state index contributed by atoms with van der Waals surface area (Å²) in [5.41, 5.74) is 2.23. The molecule has 1 aliphatic rings. The molecule has 1 amide bonds. The lowest BCUT2D eigenvalue weighted by molar-refractivity contribution is -0.120. The fourth-order valence-electron chi connectivity index (χ4n) is 4.86. The summed E-state index contributed by atoms with van der Waals surface area (Å²) in [5, 5.41) is 0. The van der Waals surface area contributed by atoms with Crippen LogP contribution in [0.2, 0.25) is 0 Å². The predicted octanol–water partition coefficient (Wildman–Crippen LogP) is 5.80. The molecule has 3 nitrogen and oxygen atoms in total. The Labute approximate surface area is 190 Å². The maximum atomic E-state index is 15.0. The van der Waals surface area contributed by atoms with Crippen LogP contribution in [-0.2, 0) is 16.8 Å².